The third-order valence-electron chi connectivity index (χ3n) is 2.46. The van der Waals surface area contributed by atoms with E-state index in [1.54, 1.807) is 6.20 Å². The molecule has 2 rings (SSSR count). The van der Waals surface area contributed by atoms with Gasteiger partial charge in [-0.25, -0.2) is 0 Å². The number of rotatable bonds is 3. The van der Waals surface area contributed by atoms with E-state index in [0.717, 1.165) is 5.75 Å². The Bertz CT molecular complexity index is 276. The van der Waals surface area contributed by atoms with Crippen LogP contribution in [0.1, 0.15) is 39.2 Å². The SMILES string of the molecule is CC(C)n1cc(OC2CCC2)cn1. The van der Waals surface area contributed by atoms with Gasteiger partial charge in [0.05, 0.1) is 18.5 Å². The minimum Gasteiger partial charge on any atom is -0.487 e. The topological polar surface area (TPSA) is 27.1 Å². The monoisotopic (exact) mass is 180 g/mol. The molecule has 0 aliphatic heterocycles. The molecule has 0 saturated heterocycles. The maximum atomic E-state index is 5.70. The van der Waals surface area contributed by atoms with Gasteiger partial charge in [-0.05, 0) is 33.1 Å². The molecule has 0 radical (unpaired) electrons. The highest BCUT2D eigenvalue weighted by molar-refractivity contribution is 5.13. The van der Waals surface area contributed by atoms with E-state index in [-0.39, 0.29) is 0 Å². The lowest BCUT2D eigenvalue weighted by molar-refractivity contribution is 0.120. The van der Waals surface area contributed by atoms with Crippen LogP contribution in [-0.2, 0) is 0 Å². The maximum Gasteiger partial charge on any atom is 0.157 e. The second kappa shape index (κ2) is 3.40. The highest BCUT2D eigenvalue weighted by Gasteiger charge is 2.19. The summed E-state index contributed by atoms with van der Waals surface area (Å²) in [6.45, 7) is 4.22. The average Bonchev–Trinajstić information content (AvgIpc) is 2.44. The van der Waals surface area contributed by atoms with Crippen LogP contribution in [0.4, 0.5) is 0 Å². The normalized spacial score (nSPS) is 17.5. The summed E-state index contributed by atoms with van der Waals surface area (Å²) in [6, 6.07) is 0.416. The Morgan fingerprint density at radius 1 is 1.54 bits per heavy atom. The maximum absolute atomic E-state index is 5.70. The average molecular weight is 180 g/mol. The van der Waals surface area contributed by atoms with Crippen LogP contribution >= 0.6 is 0 Å². The molecule has 3 heteroatoms. The van der Waals surface area contributed by atoms with Crippen LogP contribution in [0.5, 0.6) is 5.75 Å². The number of nitrogens with zero attached hydrogens (tertiary/aromatic N) is 2. The summed E-state index contributed by atoms with van der Waals surface area (Å²) in [6.07, 6.45) is 7.94. The minimum atomic E-state index is 0.416. The van der Waals surface area contributed by atoms with Crippen molar-refractivity contribution in [1.82, 2.24) is 9.78 Å². The van der Waals surface area contributed by atoms with Crippen LogP contribution in [0.15, 0.2) is 12.4 Å². The van der Waals surface area contributed by atoms with Gasteiger partial charge in [0.2, 0.25) is 0 Å². The molecule has 0 aromatic carbocycles. The third kappa shape index (κ3) is 1.85. The molecule has 3 nitrogen and oxygen atoms in total. The van der Waals surface area contributed by atoms with Crippen LogP contribution in [0.3, 0.4) is 0 Å². The summed E-state index contributed by atoms with van der Waals surface area (Å²) >= 11 is 0. The summed E-state index contributed by atoms with van der Waals surface area (Å²) in [5.41, 5.74) is 0. The fourth-order valence-electron chi connectivity index (χ4n) is 1.34. The molecule has 1 aromatic heterocycles. The second-order valence-electron chi connectivity index (χ2n) is 3.92. The van der Waals surface area contributed by atoms with Gasteiger partial charge in [-0.15, -0.1) is 0 Å². The molecule has 0 bridgehead atoms. The number of ether oxygens (including phenoxy) is 1. The molecule has 0 unspecified atom stereocenters. The summed E-state index contributed by atoms with van der Waals surface area (Å²) < 4.78 is 7.62. The zero-order valence-corrected chi connectivity index (χ0v) is 8.23. The van der Waals surface area contributed by atoms with E-state index in [4.69, 9.17) is 4.74 Å². The molecule has 1 aromatic rings. The van der Waals surface area contributed by atoms with Crippen molar-refractivity contribution in [3.8, 4) is 5.75 Å². The van der Waals surface area contributed by atoms with Gasteiger partial charge in [-0.2, -0.15) is 5.10 Å². The molecule has 0 atom stereocenters. The predicted octanol–water partition coefficient (Wildman–Crippen LogP) is 2.40. The molecular weight excluding hydrogens is 164 g/mol. The Morgan fingerprint density at radius 3 is 2.77 bits per heavy atom. The lowest BCUT2D eigenvalue weighted by Gasteiger charge is -2.25. The molecule has 1 saturated carbocycles. The molecule has 1 heterocycles. The Kier molecular flexibility index (Phi) is 2.25. The molecule has 0 amide bonds. The van der Waals surface area contributed by atoms with E-state index < -0.39 is 0 Å². The first-order chi connectivity index (χ1) is 6.25. The Morgan fingerprint density at radius 2 is 2.31 bits per heavy atom. The number of hydrogen-bond acceptors (Lipinski definition) is 2. The first-order valence-electron chi connectivity index (χ1n) is 4.96. The van der Waals surface area contributed by atoms with Crippen molar-refractivity contribution in [1.29, 1.82) is 0 Å². The zero-order chi connectivity index (χ0) is 9.26. The summed E-state index contributed by atoms with van der Waals surface area (Å²) in [7, 11) is 0. The smallest absolute Gasteiger partial charge is 0.157 e. The number of hydrogen-bond donors (Lipinski definition) is 0. The molecule has 72 valence electrons. The standard InChI is InChI=1S/C10H16N2O/c1-8(2)12-7-10(6-11-12)13-9-4-3-5-9/h6-9H,3-5H2,1-2H3. The Balaban J connectivity index is 1.96. The fraction of sp³-hybridized carbons (Fsp3) is 0.700. The van der Waals surface area contributed by atoms with Gasteiger partial charge in [-0.3, -0.25) is 4.68 Å². The largest absolute Gasteiger partial charge is 0.487 e. The molecule has 0 N–H and O–H groups in total. The lowest BCUT2D eigenvalue weighted by Crippen LogP contribution is -2.24. The first-order valence-corrected chi connectivity index (χ1v) is 4.96. The van der Waals surface area contributed by atoms with E-state index in [9.17, 15) is 0 Å². The van der Waals surface area contributed by atoms with Crippen molar-refractivity contribution >= 4 is 0 Å². The van der Waals surface area contributed by atoms with Crippen LogP contribution in [0.2, 0.25) is 0 Å². The van der Waals surface area contributed by atoms with Crippen molar-refractivity contribution in [2.24, 2.45) is 0 Å². The fourth-order valence-corrected chi connectivity index (χ4v) is 1.34. The quantitative estimate of drug-likeness (QED) is 0.714. The summed E-state index contributed by atoms with van der Waals surface area (Å²) in [4.78, 5) is 0. The minimum absolute atomic E-state index is 0.416. The highest BCUT2D eigenvalue weighted by atomic mass is 16.5. The Labute approximate surface area is 78.7 Å². The van der Waals surface area contributed by atoms with Gasteiger partial charge < -0.3 is 4.74 Å². The van der Waals surface area contributed by atoms with Crippen molar-refractivity contribution < 1.29 is 4.74 Å². The van der Waals surface area contributed by atoms with E-state index >= 15 is 0 Å². The van der Waals surface area contributed by atoms with Crippen LogP contribution in [0.25, 0.3) is 0 Å². The highest BCUT2D eigenvalue weighted by Crippen LogP contribution is 2.24. The van der Waals surface area contributed by atoms with Gasteiger partial charge in [0.1, 0.15) is 0 Å². The lowest BCUT2D eigenvalue weighted by atomic mass is 9.96. The molecule has 13 heavy (non-hydrogen) atoms. The van der Waals surface area contributed by atoms with Gasteiger partial charge in [0.25, 0.3) is 0 Å². The molecular formula is C10H16N2O. The third-order valence-corrected chi connectivity index (χ3v) is 2.46. The van der Waals surface area contributed by atoms with Crippen molar-refractivity contribution in [2.75, 3.05) is 0 Å². The second-order valence-corrected chi connectivity index (χ2v) is 3.92. The van der Waals surface area contributed by atoms with Gasteiger partial charge in [0, 0.05) is 6.04 Å². The summed E-state index contributed by atoms with van der Waals surface area (Å²) in [5, 5.41) is 4.22. The molecule has 0 spiro atoms. The molecule has 1 aliphatic carbocycles. The molecule has 1 fully saturated rings. The molecule has 1 aliphatic rings. The Hall–Kier alpha value is -0.990. The van der Waals surface area contributed by atoms with Crippen LogP contribution < -0.4 is 4.74 Å². The van der Waals surface area contributed by atoms with E-state index in [1.807, 2.05) is 10.9 Å². The zero-order valence-electron chi connectivity index (χ0n) is 8.23. The van der Waals surface area contributed by atoms with Crippen molar-refractivity contribution in [2.45, 2.75) is 45.3 Å². The van der Waals surface area contributed by atoms with Crippen molar-refractivity contribution in [3.63, 3.8) is 0 Å². The van der Waals surface area contributed by atoms with Gasteiger partial charge in [0.15, 0.2) is 5.75 Å². The first kappa shape index (κ1) is 8.60. The number of aromatic nitrogens is 2. The van der Waals surface area contributed by atoms with Crippen molar-refractivity contribution in [3.05, 3.63) is 12.4 Å². The summed E-state index contributed by atoms with van der Waals surface area (Å²) in [5.74, 6) is 0.915. The predicted molar refractivity (Wildman–Crippen MR) is 50.9 cm³/mol. The van der Waals surface area contributed by atoms with Gasteiger partial charge in [-0.1, -0.05) is 0 Å². The van der Waals surface area contributed by atoms with E-state index in [1.165, 1.54) is 19.3 Å². The van der Waals surface area contributed by atoms with Crippen LogP contribution in [0, 0.1) is 0 Å². The van der Waals surface area contributed by atoms with Crippen LogP contribution in [-0.4, -0.2) is 15.9 Å². The van der Waals surface area contributed by atoms with Gasteiger partial charge >= 0.3 is 0 Å². The van der Waals surface area contributed by atoms with E-state index in [0.29, 0.717) is 12.1 Å². The van der Waals surface area contributed by atoms with E-state index in [2.05, 4.69) is 18.9 Å².